The second-order valence-electron chi connectivity index (χ2n) is 6.81. The highest BCUT2D eigenvalue weighted by molar-refractivity contribution is 6.70. The fourth-order valence-corrected chi connectivity index (χ4v) is 7.56. The summed E-state index contributed by atoms with van der Waals surface area (Å²) in [6.07, 6.45) is 7.77. The third-order valence-corrected chi connectivity index (χ3v) is 10.2. The normalized spacial score (nSPS) is 14.4. The predicted molar refractivity (Wildman–Crippen MR) is 96.1 cm³/mol. The van der Waals surface area contributed by atoms with Crippen LogP contribution < -0.4 is 0 Å². The van der Waals surface area contributed by atoms with E-state index >= 15 is 0 Å². The molecule has 0 aliphatic heterocycles. The van der Waals surface area contributed by atoms with Crippen molar-refractivity contribution in [2.45, 2.75) is 98.1 Å². The maximum Gasteiger partial charge on any atom is 0.344 e. The molecular weight excluding hydrogens is 276 g/mol. The molecule has 0 fully saturated rings. The Morgan fingerprint density at radius 2 is 1.38 bits per heavy atom. The second-order valence-corrected chi connectivity index (χ2v) is 10.7. The maximum absolute atomic E-state index is 6.38. The molecule has 3 heteroatoms. The van der Waals surface area contributed by atoms with E-state index in [9.17, 15) is 0 Å². The van der Waals surface area contributed by atoms with Gasteiger partial charge in [-0.3, -0.25) is 0 Å². The zero-order valence-corrected chi connectivity index (χ0v) is 16.8. The first-order chi connectivity index (χ1) is 9.91. The molecule has 0 bridgehead atoms. The maximum atomic E-state index is 6.38. The molecule has 2 nitrogen and oxygen atoms in total. The summed E-state index contributed by atoms with van der Waals surface area (Å²) in [5.41, 5.74) is 0. The highest BCUT2D eigenvalue weighted by Gasteiger charge is 2.53. The van der Waals surface area contributed by atoms with Crippen molar-refractivity contribution in [1.82, 2.24) is 0 Å². The Morgan fingerprint density at radius 1 is 0.857 bits per heavy atom. The molecule has 128 valence electrons. The van der Waals surface area contributed by atoms with Crippen LogP contribution in [0.25, 0.3) is 0 Å². The third-order valence-electron chi connectivity index (χ3n) is 5.19. The molecule has 0 aliphatic carbocycles. The summed E-state index contributed by atoms with van der Waals surface area (Å²) in [5.74, 6) is 0.637. The number of unbranched alkanes of at least 4 members (excludes halogenated alkanes) is 4. The van der Waals surface area contributed by atoms with Crippen LogP contribution >= 0.6 is 0 Å². The predicted octanol–water partition coefficient (Wildman–Crippen LogP) is 6.30. The van der Waals surface area contributed by atoms with Gasteiger partial charge in [-0.15, -0.1) is 0 Å². The van der Waals surface area contributed by atoms with E-state index in [4.69, 9.17) is 8.85 Å². The van der Waals surface area contributed by atoms with Crippen LogP contribution in [0, 0.1) is 5.92 Å². The molecule has 0 saturated carbocycles. The highest BCUT2D eigenvalue weighted by Crippen LogP contribution is 2.49. The molecule has 0 heterocycles. The Hall–Kier alpha value is 0.137. The van der Waals surface area contributed by atoms with Gasteiger partial charge in [0.05, 0.1) is 0 Å². The molecule has 1 unspecified atom stereocenters. The topological polar surface area (TPSA) is 18.5 Å². The lowest BCUT2D eigenvalue weighted by molar-refractivity contribution is 0.140. The summed E-state index contributed by atoms with van der Waals surface area (Å²) in [7, 11) is -2.17. The monoisotopic (exact) mass is 316 g/mol. The molecule has 1 atom stereocenters. The summed E-state index contributed by atoms with van der Waals surface area (Å²) < 4.78 is 12.8. The van der Waals surface area contributed by atoms with Gasteiger partial charge >= 0.3 is 8.56 Å². The zero-order chi connectivity index (χ0) is 16.4. The molecule has 0 aromatic carbocycles. The highest BCUT2D eigenvalue weighted by atomic mass is 28.4. The van der Waals surface area contributed by atoms with Gasteiger partial charge in [0, 0.05) is 18.3 Å². The fourth-order valence-electron chi connectivity index (χ4n) is 3.19. The summed E-state index contributed by atoms with van der Waals surface area (Å²) in [6.45, 7) is 17.5. The van der Waals surface area contributed by atoms with Crippen molar-refractivity contribution < 1.29 is 8.85 Å². The van der Waals surface area contributed by atoms with E-state index in [2.05, 4.69) is 48.5 Å². The SMILES string of the molecule is CCCCCCC[Si](OCC)(OCC)C(C)(C)C(C)CC. The first kappa shape index (κ1) is 21.1. The van der Waals surface area contributed by atoms with Crippen molar-refractivity contribution in [2.75, 3.05) is 13.2 Å². The minimum atomic E-state index is -2.17. The first-order valence-corrected chi connectivity index (χ1v) is 11.2. The second kappa shape index (κ2) is 10.8. The molecule has 0 aromatic rings. The minimum absolute atomic E-state index is 0.165. The summed E-state index contributed by atoms with van der Waals surface area (Å²) in [5, 5.41) is 0.165. The molecule has 0 N–H and O–H groups in total. The smallest absolute Gasteiger partial charge is 0.344 e. The van der Waals surface area contributed by atoms with Gasteiger partial charge in [-0.1, -0.05) is 73.1 Å². The quantitative estimate of drug-likeness (QED) is 0.293. The Labute approximate surface area is 135 Å². The Bertz CT molecular complexity index is 248. The Morgan fingerprint density at radius 3 is 1.81 bits per heavy atom. The van der Waals surface area contributed by atoms with E-state index in [1.165, 1.54) is 38.5 Å². The van der Waals surface area contributed by atoms with Gasteiger partial charge in [-0.2, -0.15) is 0 Å². The van der Waals surface area contributed by atoms with Gasteiger partial charge in [0.1, 0.15) is 0 Å². The molecular formula is C18H40O2Si. The van der Waals surface area contributed by atoms with Gasteiger partial charge < -0.3 is 8.85 Å². The number of hydrogen-bond donors (Lipinski definition) is 0. The van der Waals surface area contributed by atoms with Crippen LogP contribution in [0.1, 0.15) is 87.0 Å². The van der Waals surface area contributed by atoms with E-state index < -0.39 is 8.56 Å². The van der Waals surface area contributed by atoms with Crippen molar-refractivity contribution in [3.63, 3.8) is 0 Å². The van der Waals surface area contributed by atoms with Gasteiger partial charge in [0.15, 0.2) is 0 Å². The Balaban J connectivity index is 4.96. The van der Waals surface area contributed by atoms with Gasteiger partial charge in [-0.25, -0.2) is 0 Å². The summed E-state index contributed by atoms with van der Waals surface area (Å²) >= 11 is 0. The largest absolute Gasteiger partial charge is 0.394 e. The van der Waals surface area contributed by atoms with E-state index in [0.717, 1.165) is 19.3 Å². The summed E-state index contributed by atoms with van der Waals surface area (Å²) in [4.78, 5) is 0. The molecule has 0 aromatic heterocycles. The molecule has 0 aliphatic rings. The standard InChI is InChI=1S/C18H40O2Si/c1-8-12-13-14-15-16-21(19-10-3,20-11-4)18(6,7)17(5)9-2/h17H,8-16H2,1-7H3. The zero-order valence-electron chi connectivity index (χ0n) is 15.8. The minimum Gasteiger partial charge on any atom is -0.394 e. The van der Waals surface area contributed by atoms with Crippen molar-refractivity contribution in [2.24, 2.45) is 5.92 Å². The lowest BCUT2D eigenvalue weighted by Gasteiger charge is -2.46. The lowest BCUT2D eigenvalue weighted by atomic mass is 9.94. The van der Waals surface area contributed by atoms with Crippen molar-refractivity contribution in [1.29, 1.82) is 0 Å². The van der Waals surface area contributed by atoms with Crippen LogP contribution in [0.3, 0.4) is 0 Å². The lowest BCUT2D eigenvalue weighted by Crippen LogP contribution is -2.54. The molecule has 0 saturated heterocycles. The van der Waals surface area contributed by atoms with Crippen LogP contribution in [0.2, 0.25) is 11.1 Å². The van der Waals surface area contributed by atoms with Gasteiger partial charge in [0.2, 0.25) is 0 Å². The average molecular weight is 317 g/mol. The average Bonchev–Trinajstić information content (AvgIpc) is 2.46. The van der Waals surface area contributed by atoms with Gasteiger partial charge in [-0.05, 0) is 25.8 Å². The van der Waals surface area contributed by atoms with E-state index in [1.54, 1.807) is 0 Å². The van der Waals surface area contributed by atoms with Crippen molar-refractivity contribution in [3.8, 4) is 0 Å². The van der Waals surface area contributed by atoms with Crippen LogP contribution in [0.4, 0.5) is 0 Å². The van der Waals surface area contributed by atoms with Crippen molar-refractivity contribution >= 4 is 8.56 Å². The van der Waals surface area contributed by atoms with Crippen LogP contribution in [0.5, 0.6) is 0 Å². The number of hydrogen-bond acceptors (Lipinski definition) is 2. The van der Waals surface area contributed by atoms with Crippen molar-refractivity contribution in [3.05, 3.63) is 0 Å². The summed E-state index contributed by atoms with van der Waals surface area (Å²) in [6, 6.07) is 1.15. The van der Waals surface area contributed by atoms with Crippen LogP contribution in [-0.2, 0) is 8.85 Å². The Kier molecular flexibility index (Phi) is 10.9. The van der Waals surface area contributed by atoms with E-state index in [0.29, 0.717) is 5.92 Å². The van der Waals surface area contributed by atoms with E-state index in [1.807, 2.05) is 0 Å². The fraction of sp³-hybridized carbons (Fsp3) is 1.00. The molecule has 0 amide bonds. The van der Waals surface area contributed by atoms with Crippen LogP contribution in [-0.4, -0.2) is 21.8 Å². The third kappa shape index (κ3) is 6.03. The molecule has 0 spiro atoms. The van der Waals surface area contributed by atoms with E-state index in [-0.39, 0.29) is 5.04 Å². The molecule has 0 radical (unpaired) electrons. The van der Waals surface area contributed by atoms with Gasteiger partial charge in [0.25, 0.3) is 0 Å². The first-order valence-electron chi connectivity index (χ1n) is 9.19. The number of rotatable bonds is 13. The molecule has 21 heavy (non-hydrogen) atoms. The molecule has 0 rings (SSSR count). The van der Waals surface area contributed by atoms with Crippen LogP contribution in [0.15, 0.2) is 0 Å².